The molecule has 3 N–H and O–H groups in total. The molecule has 6 nitrogen and oxygen atoms in total. The fourth-order valence-electron chi connectivity index (χ4n) is 2.88. The molecule has 3 rings (SSSR count). The fraction of sp³-hybridized carbons (Fsp3) is 0.263. The lowest BCUT2D eigenvalue weighted by Gasteiger charge is -2.14. The van der Waals surface area contributed by atoms with E-state index in [0.29, 0.717) is 36.5 Å². The number of H-pyrrole nitrogens is 1. The number of fused-ring (bicyclic) bond motifs is 1. The lowest BCUT2D eigenvalue weighted by molar-refractivity contribution is -0.137. The fourth-order valence-corrected chi connectivity index (χ4v) is 4.23. The third-order valence-corrected chi connectivity index (χ3v) is 5.58. The molecule has 3 aromatic rings. The Labute approximate surface area is 167 Å². The van der Waals surface area contributed by atoms with Crippen molar-refractivity contribution in [2.24, 2.45) is 0 Å². The van der Waals surface area contributed by atoms with Crippen LogP contribution in [0.4, 0.5) is 0 Å². The van der Waals surface area contributed by atoms with Gasteiger partial charge in [0.15, 0.2) is 0 Å². The molecular formula is C19H18BrNO5S. The summed E-state index contributed by atoms with van der Waals surface area (Å²) < 4.78 is 6.70. The van der Waals surface area contributed by atoms with Crippen molar-refractivity contribution in [3.05, 3.63) is 54.9 Å². The van der Waals surface area contributed by atoms with Crippen molar-refractivity contribution < 1.29 is 19.7 Å². The number of benzene rings is 2. The van der Waals surface area contributed by atoms with Gasteiger partial charge in [-0.15, -0.1) is 0 Å². The molecule has 0 amide bonds. The van der Waals surface area contributed by atoms with Crippen LogP contribution in [0.15, 0.2) is 39.6 Å². The summed E-state index contributed by atoms with van der Waals surface area (Å²) in [5.74, 6) is -0.193. The zero-order chi connectivity index (χ0) is 19.4. The molecule has 0 fully saturated rings. The SMILES string of the molecule is O=C(O)CCCCOc1c(Br)cc(Cc2sc(=O)[nH]c2O)c2ccccc12. The number of unbranched alkanes of at least 4 members (excludes halogenated alkanes) is 1. The van der Waals surface area contributed by atoms with Crippen LogP contribution in [0.25, 0.3) is 10.8 Å². The maximum atomic E-state index is 11.4. The van der Waals surface area contributed by atoms with Gasteiger partial charge < -0.3 is 14.9 Å². The van der Waals surface area contributed by atoms with Crippen LogP contribution >= 0.6 is 27.3 Å². The van der Waals surface area contributed by atoms with Crippen LogP contribution in [0.5, 0.6) is 11.6 Å². The number of ether oxygens (including phenoxy) is 1. The number of carbonyl (C=O) groups is 1. The number of halogens is 1. The summed E-state index contributed by atoms with van der Waals surface area (Å²) in [6.45, 7) is 0.426. The van der Waals surface area contributed by atoms with Crippen molar-refractivity contribution in [2.45, 2.75) is 25.7 Å². The molecule has 0 atom stereocenters. The summed E-state index contributed by atoms with van der Waals surface area (Å²) in [5.41, 5.74) is 0.959. The number of aromatic nitrogens is 1. The molecule has 0 aliphatic rings. The Morgan fingerprint density at radius 1 is 1.22 bits per heavy atom. The van der Waals surface area contributed by atoms with Crippen molar-refractivity contribution >= 4 is 44.0 Å². The smallest absolute Gasteiger partial charge is 0.307 e. The average molecular weight is 452 g/mol. The van der Waals surface area contributed by atoms with Gasteiger partial charge >= 0.3 is 10.8 Å². The summed E-state index contributed by atoms with van der Waals surface area (Å²) in [6.07, 6.45) is 1.77. The van der Waals surface area contributed by atoms with E-state index in [1.54, 1.807) is 0 Å². The molecule has 2 aromatic carbocycles. The molecule has 0 spiro atoms. The lowest BCUT2D eigenvalue weighted by Crippen LogP contribution is -2.02. The van der Waals surface area contributed by atoms with Gasteiger partial charge in [-0.1, -0.05) is 35.6 Å². The van der Waals surface area contributed by atoms with Gasteiger partial charge in [-0.05, 0) is 45.8 Å². The number of hydrogen-bond acceptors (Lipinski definition) is 5. The molecule has 0 unspecified atom stereocenters. The van der Waals surface area contributed by atoms with Crippen LogP contribution in [0.2, 0.25) is 0 Å². The second-order valence-corrected chi connectivity index (χ2v) is 7.98. The van der Waals surface area contributed by atoms with Gasteiger partial charge in [0.05, 0.1) is 16.0 Å². The predicted octanol–water partition coefficient (Wildman–Crippen LogP) is 4.28. The van der Waals surface area contributed by atoms with Gasteiger partial charge in [-0.25, -0.2) is 0 Å². The largest absolute Gasteiger partial charge is 0.494 e. The summed E-state index contributed by atoms with van der Waals surface area (Å²) in [7, 11) is 0. The highest BCUT2D eigenvalue weighted by molar-refractivity contribution is 9.10. The summed E-state index contributed by atoms with van der Waals surface area (Å²) >= 11 is 4.54. The Hall–Kier alpha value is -2.32. The molecule has 8 heteroatoms. The second kappa shape index (κ2) is 8.58. The minimum absolute atomic E-state index is 0.0936. The molecule has 0 radical (unpaired) electrons. The van der Waals surface area contributed by atoms with Crippen LogP contribution < -0.4 is 9.61 Å². The van der Waals surface area contributed by atoms with E-state index in [1.165, 1.54) is 0 Å². The number of hydrogen-bond donors (Lipinski definition) is 3. The Bertz CT molecular complexity index is 1030. The summed E-state index contributed by atoms with van der Waals surface area (Å²) in [4.78, 5) is 24.7. The number of carboxylic acid groups (broad SMARTS) is 1. The number of rotatable bonds is 8. The lowest BCUT2D eigenvalue weighted by atomic mass is 10.0. The highest BCUT2D eigenvalue weighted by atomic mass is 79.9. The number of aromatic hydroxyl groups is 1. The molecule has 0 aliphatic carbocycles. The van der Waals surface area contributed by atoms with E-state index >= 15 is 0 Å². The van der Waals surface area contributed by atoms with Gasteiger partial charge in [0.25, 0.3) is 0 Å². The number of aliphatic carboxylic acids is 1. The first-order valence-electron chi connectivity index (χ1n) is 8.41. The van der Waals surface area contributed by atoms with Crippen LogP contribution in [0.3, 0.4) is 0 Å². The van der Waals surface area contributed by atoms with Gasteiger partial charge in [0.1, 0.15) is 5.75 Å². The van der Waals surface area contributed by atoms with E-state index in [-0.39, 0.29) is 17.2 Å². The van der Waals surface area contributed by atoms with E-state index in [2.05, 4.69) is 20.9 Å². The maximum absolute atomic E-state index is 11.4. The number of thiazole rings is 1. The van der Waals surface area contributed by atoms with E-state index in [0.717, 1.165) is 32.1 Å². The number of nitrogens with one attached hydrogen (secondary N) is 1. The quantitative estimate of drug-likeness (QED) is 0.443. The predicted molar refractivity (Wildman–Crippen MR) is 108 cm³/mol. The third-order valence-electron chi connectivity index (χ3n) is 4.12. The van der Waals surface area contributed by atoms with Crippen molar-refractivity contribution in [1.29, 1.82) is 0 Å². The molecule has 1 aromatic heterocycles. The van der Waals surface area contributed by atoms with Crippen LogP contribution in [0.1, 0.15) is 29.7 Å². The first-order valence-corrected chi connectivity index (χ1v) is 10.0. The molecular weight excluding hydrogens is 434 g/mol. The molecule has 0 bridgehead atoms. The standard InChI is InChI=1S/C19H18BrNO5S/c20-14-9-11(10-15-18(24)21-19(25)27-15)12-5-1-2-6-13(12)17(14)26-8-4-3-7-16(22)23/h1-2,5-6,9,24H,3-4,7-8,10H2,(H,21,25)(H,22,23). The Morgan fingerprint density at radius 3 is 2.63 bits per heavy atom. The van der Waals surface area contributed by atoms with E-state index < -0.39 is 5.97 Å². The molecule has 27 heavy (non-hydrogen) atoms. The third kappa shape index (κ3) is 4.70. The first kappa shape index (κ1) is 19.4. The molecule has 1 heterocycles. The van der Waals surface area contributed by atoms with Crippen molar-refractivity contribution in [3.8, 4) is 11.6 Å². The Balaban J connectivity index is 1.86. The first-order chi connectivity index (χ1) is 13.0. The van der Waals surface area contributed by atoms with Crippen molar-refractivity contribution in [3.63, 3.8) is 0 Å². The normalized spacial score (nSPS) is 11.0. The van der Waals surface area contributed by atoms with Crippen molar-refractivity contribution in [1.82, 2.24) is 4.98 Å². The maximum Gasteiger partial charge on any atom is 0.307 e. The van der Waals surface area contributed by atoms with E-state index in [1.807, 2.05) is 30.3 Å². The Kier molecular flexibility index (Phi) is 6.18. The zero-order valence-electron chi connectivity index (χ0n) is 14.3. The van der Waals surface area contributed by atoms with Gasteiger partial charge in [-0.2, -0.15) is 0 Å². The topological polar surface area (TPSA) is 99.6 Å². The molecule has 142 valence electrons. The Morgan fingerprint density at radius 2 is 1.96 bits per heavy atom. The van der Waals surface area contributed by atoms with Crippen LogP contribution in [-0.2, 0) is 11.2 Å². The number of carboxylic acids is 1. The van der Waals surface area contributed by atoms with Crippen LogP contribution in [0, 0.1) is 0 Å². The number of aromatic amines is 1. The van der Waals surface area contributed by atoms with Crippen LogP contribution in [-0.4, -0.2) is 27.8 Å². The van der Waals surface area contributed by atoms with Gasteiger partial charge in [0.2, 0.25) is 5.88 Å². The van der Waals surface area contributed by atoms with Gasteiger partial charge in [0, 0.05) is 18.2 Å². The molecule has 0 saturated carbocycles. The van der Waals surface area contributed by atoms with Gasteiger partial charge in [-0.3, -0.25) is 14.6 Å². The zero-order valence-corrected chi connectivity index (χ0v) is 16.7. The van der Waals surface area contributed by atoms with E-state index in [9.17, 15) is 14.7 Å². The van der Waals surface area contributed by atoms with Crippen molar-refractivity contribution in [2.75, 3.05) is 6.61 Å². The minimum atomic E-state index is -0.804. The monoisotopic (exact) mass is 451 g/mol. The molecule has 0 aliphatic heterocycles. The highest BCUT2D eigenvalue weighted by Gasteiger charge is 2.15. The summed E-state index contributed by atoms with van der Waals surface area (Å²) in [5, 5.41) is 20.5. The second-order valence-electron chi connectivity index (χ2n) is 6.05. The molecule has 0 saturated heterocycles. The average Bonchev–Trinajstić information content (AvgIpc) is 2.94. The van der Waals surface area contributed by atoms with E-state index in [4.69, 9.17) is 9.84 Å². The summed E-state index contributed by atoms with van der Waals surface area (Å²) in [6, 6.07) is 9.70. The minimum Gasteiger partial charge on any atom is -0.494 e. The highest BCUT2D eigenvalue weighted by Crippen LogP contribution is 2.38.